The van der Waals surface area contributed by atoms with Gasteiger partial charge in [-0.15, -0.1) is 0 Å². The van der Waals surface area contributed by atoms with Crippen molar-refractivity contribution in [3.05, 3.63) is 53.1 Å². The smallest absolute Gasteiger partial charge is 0.00582 e. The Balaban J connectivity index is 2.20. The Kier molecular flexibility index (Phi) is 2.53. The fraction of sp³-hybridized carbons (Fsp3) is 0.286. The van der Waals surface area contributed by atoms with Crippen LogP contribution in [0.15, 0.2) is 42.0 Å². The monoisotopic (exact) mass is 184 g/mol. The van der Waals surface area contributed by atoms with Crippen LogP contribution in [-0.2, 0) is 0 Å². The molecule has 72 valence electrons. The Morgan fingerprint density at radius 1 is 1.21 bits per heavy atom. The first kappa shape index (κ1) is 9.26. The highest BCUT2D eigenvalue weighted by atomic mass is 14.1. The number of aryl methyl sites for hydroxylation is 1. The van der Waals surface area contributed by atoms with E-state index in [2.05, 4.69) is 50.3 Å². The molecule has 14 heavy (non-hydrogen) atoms. The van der Waals surface area contributed by atoms with Crippen LogP contribution in [0.4, 0.5) is 0 Å². The van der Waals surface area contributed by atoms with E-state index in [4.69, 9.17) is 0 Å². The standard InChI is InChI=1S/C14H16/c1-3-12-7-8-14(10-12)13-6-4-5-11(2)9-13/h4-9H,3,10H2,1-2H3. The number of hydrogen-bond donors (Lipinski definition) is 0. The summed E-state index contributed by atoms with van der Waals surface area (Å²) in [5.74, 6) is 0. The van der Waals surface area contributed by atoms with Crippen molar-refractivity contribution in [2.24, 2.45) is 0 Å². The van der Waals surface area contributed by atoms with Crippen molar-refractivity contribution in [2.45, 2.75) is 26.7 Å². The molecule has 0 saturated heterocycles. The Morgan fingerprint density at radius 3 is 2.71 bits per heavy atom. The van der Waals surface area contributed by atoms with Crippen molar-refractivity contribution in [1.82, 2.24) is 0 Å². The van der Waals surface area contributed by atoms with Gasteiger partial charge in [0.2, 0.25) is 0 Å². The van der Waals surface area contributed by atoms with E-state index in [-0.39, 0.29) is 0 Å². The molecule has 0 nitrogen and oxygen atoms in total. The van der Waals surface area contributed by atoms with Gasteiger partial charge in [-0.25, -0.2) is 0 Å². The Labute approximate surface area is 86.0 Å². The van der Waals surface area contributed by atoms with E-state index in [0.717, 1.165) is 6.42 Å². The van der Waals surface area contributed by atoms with Gasteiger partial charge in [-0.2, -0.15) is 0 Å². The summed E-state index contributed by atoms with van der Waals surface area (Å²) in [6.07, 6.45) is 6.83. The number of rotatable bonds is 2. The quantitative estimate of drug-likeness (QED) is 0.648. The molecule has 0 amide bonds. The lowest BCUT2D eigenvalue weighted by Crippen LogP contribution is -1.84. The number of allylic oxidation sites excluding steroid dienone is 4. The van der Waals surface area contributed by atoms with E-state index in [1.807, 2.05) is 0 Å². The molecular weight excluding hydrogens is 168 g/mol. The first-order valence-electron chi connectivity index (χ1n) is 5.25. The van der Waals surface area contributed by atoms with Crippen LogP contribution in [0.5, 0.6) is 0 Å². The second-order valence-electron chi connectivity index (χ2n) is 3.92. The maximum Gasteiger partial charge on any atom is -0.00582 e. The molecule has 0 fully saturated rings. The van der Waals surface area contributed by atoms with Crippen LogP contribution in [-0.4, -0.2) is 0 Å². The summed E-state index contributed by atoms with van der Waals surface area (Å²) in [5.41, 5.74) is 5.73. The largest absolute Gasteiger partial charge is 0.0661 e. The first-order chi connectivity index (χ1) is 6.79. The van der Waals surface area contributed by atoms with Gasteiger partial charge in [0.1, 0.15) is 0 Å². The highest BCUT2D eigenvalue weighted by Gasteiger charge is 2.08. The second kappa shape index (κ2) is 3.83. The maximum absolute atomic E-state index is 2.26. The fourth-order valence-electron chi connectivity index (χ4n) is 1.87. The zero-order valence-corrected chi connectivity index (χ0v) is 8.88. The molecule has 0 N–H and O–H groups in total. The summed E-state index contributed by atoms with van der Waals surface area (Å²) in [6, 6.07) is 8.74. The van der Waals surface area contributed by atoms with Crippen LogP contribution in [0.2, 0.25) is 0 Å². The molecule has 0 radical (unpaired) electrons. The topological polar surface area (TPSA) is 0 Å². The van der Waals surface area contributed by atoms with Crippen LogP contribution in [0.1, 0.15) is 30.9 Å². The van der Waals surface area contributed by atoms with Crippen molar-refractivity contribution in [1.29, 1.82) is 0 Å². The zero-order valence-electron chi connectivity index (χ0n) is 8.88. The van der Waals surface area contributed by atoms with Gasteiger partial charge in [-0.3, -0.25) is 0 Å². The molecule has 1 aromatic carbocycles. The summed E-state index contributed by atoms with van der Waals surface area (Å²) in [4.78, 5) is 0. The van der Waals surface area contributed by atoms with Gasteiger partial charge in [0.25, 0.3) is 0 Å². The summed E-state index contributed by atoms with van der Waals surface area (Å²) in [7, 11) is 0. The molecule has 0 saturated carbocycles. The summed E-state index contributed by atoms with van der Waals surface area (Å²) < 4.78 is 0. The Morgan fingerprint density at radius 2 is 2.07 bits per heavy atom. The summed E-state index contributed by atoms with van der Waals surface area (Å²) in [6.45, 7) is 4.37. The van der Waals surface area contributed by atoms with E-state index in [1.165, 1.54) is 23.1 Å². The van der Waals surface area contributed by atoms with Gasteiger partial charge in [-0.05, 0) is 30.9 Å². The van der Waals surface area contributed by atoms with Crippen molar-refractivity contribution in [3.8, 4) is 0 Å². The van der Waals surface area contributed by atoms with Crippen molar-refractivity contribution >= 4 is 5.57 Å². The summed E-state index contributed by atoms with van der Waals surface area (Å²) >= 11 is 0. The van der Waals surface area contributed by atoms with Crippen molar-refractivity contribution in [2.75, 3.05) is 0 Å². The number of benzene rings is 1. The highest BCUT2D eigenvalue weighted by Crippen LogP contribution is 2.29. The minimum atomic E-state index is 1.14. The first-order valence-corrected chi connectivity index (χ1v) is 5.25. The van der Waals surface area contributed by atoms with Crippen LogP contribution in [0, 0.1) is 6.92 Å². The lowest BCUT2D eigenvalue weighted by Gasteiger charge is -2.04. The lowest BCUT2D eigenvalue weighted by molar-refractivity contribution is 1.06. The molecule has 0 heteroatoms. The van der Waals surface area contributed by atoms with Gasteiger partial charge in [0.05, 0.1) is 0 Å². The molecule has 0 atom stereocenters. The van der Waals surface area contributed by atoms with Crippen LogP contribution in [0.25, 0.3) is 5.57 Å². The molecular formula is C14H16. The Hall–Kier alpha value is -1.30. The molecule has 0 bridgehead atoms. The van der Waals surface area contributed by atoms with E-state index < -0.39 is 0 Å². The third kappa shape index (κ3) is 1.79. The van der Waals surface area contributed by atoms with Crippen LogP contribution in [0.3, 0.4) is 0 Å². The highest BCUT2D eigenvalue weighted by molar-refractivity contribution is 5.72. The molecule has 0 aromatic heterocycles. The van der Waals surface area contributed by atoms with Crippen molar-refractivity contribution in [3.63, 3.8) is 0 Å². The molecule has 1 aliphatic rings. The van der Waals surface area contributed by atoms with E-state index in [0.29, 0.717) is 0 Å². The van der Waals surface area contributed by atoms with Gasteiger partial charge in [0.15, 0.2) is 0 Å². The molecule has 2 rings (SSSR count). The van der Waals surface area contributed by atoms with E-state index >= 15 is 0 Å². The van der Waals surface area contributed by atoms with Crippen LogP contribution < -0.4 is 0 Å². The third-order valence-electron chi connectivity index (χ3n) is 2.78. The molecule has 0 heterocycles. The van der Waals surface area contributed by atoms with Crippen LogP contribution >= 0.6 is 0 Å². The van der Waals surface area contributed by atoms with Gasteiger partial charge in [0, 0.05) is 0 Å². The molecule has 1 aromatic rings. The normalized spacial score (nSPS) is 15.3. The average Bonchev–Trinajstić information content (AvgIpc) is 2.66. The van der Waals surface area contributed by atoms with E-state index in [9.17, 15) is 0 Å². The second-order valence-corrected chi connectivity index (χ2v) is 3.92. The SMILES string of the molecule is CCC1=CC=C(c2cccc(C)c2)C1. The van der Waals surface area contributed by atoms with Gasteiger partial charge >= 0.3 is 0 Å². The fourth-order valence-corrected chi connectivity index (χ4v) is 1.87. The summed E-state index contributed by atoms with van der Waals surface area (Å²) in [5, 5.41) is 0. The minimum absolute atomic E-state index is 1.14. The zero-order chi connectivity index (χ0) is 9.97. The molecule has 0 unspecified atom stereocenters. The molecule has 1 aliphatic carbocycles. The maximum atomic E-state index is 2.26. The predicted molar refractivity (Wildman–Crippen MR) is 62.1 cm³/mol. The third-order valence-corrected chi connectivity index (χ3v) is 2.78. The average molecular weight is 184 g/mol. The predicted octanol–water partition coefficient (Wildman–Crippen LogP) is 4.12. The van der Waals surface area contributed by atoms with Gasteiger partial charge in [-0.1, -0.05) is 54.5 Å². The minimum Gasteiger partial charge on any atom is -0.0661 e. The number of hydrogen-bond acceptors (Lipinski definition) is 0. The molecule has 0 aliphatic heterocycles. The Bertz CT molecular complexity index is 394. The lowest BCUT2D eigenvalue weighted by atomic mass is 10.0. The van der Waals surface area contributed by atoms with Crippen molar-refractivity contribution < 1.29 is 0 Å². The molecule has 0 spiro atoms. The van der Waals surface area contributed by atoms with E-state index in [1.54, 1.807) is 5.57 Å². The van der Waals surface area contributed by atoms with Gasteiger partial charge < -0.3 is 0 Å².